The molecule has 4 heterocycles. The van der Waals surface area contributed by atoms with Crippen LogP contribution in [0.4, 0.5) is 0 Å². The van der Waals surface area contributed by atoms with Gasteiger partial charge in [0.1, 0.15) is 12.0 Å². The summed E-state index contributed by atoms with van der Waals surface area (Å²) in [6.07, 6.45) is 4.18. The van der Waals surface area contributed by atoms with E-state index in [0.717, 1.165) is 38.0 Å². The van der Waals surface area contributed by atoms with Crippen molar-refractivity contribution < 1.29 is 14.0 Å². The number of piperidine rings is 1. The van der Waals surface area contributed by atoms with E-state index in [1.54, 1.807) is 11.8 Å². The van der Waals surface area contributed by atoms with Crippen molar-refractivity contribution in [3.8, 4) is 0 Å². The highest BCUT2D eigenvalue weighted by molar-refractivity contribution is 5.93. The third kappa shape index (κ3) is 3.00. The standard InChI is InChI=1S/C18H23N5O3/c1-12-19-15(11-26-12)17(24)22-7-3-5-13(10-22)14-9-16-18(25)21(2)6-4-8-23(16)20-14/h9,11,13H,3-8,10H2,1-2H3. The van der Waals surface area contributed by atoms with Crippen molar-refractivity contribution in [1.29, 1.82) is 0 Å². The normalized spacial score (nSPS) is 20.8. The van der Waals surface area contributed by atoms with Crippen LogP contribution in [0.25, 0.3) is 0 Å². The van der Waals surface area contributed by atoms with Crippen LogP contribution in [-0.2, 0) is 6.54 Å². The molecule has 8 heteroatoms. The van der Waals surface area contributed by atoms with E-state index < -0.39 is 0 Å². The van der Waals surface area contributed by atoms with E-state index in [4.69, 9.17) is 4.42 Å². The number of carbonyl (C=O) groups excluding carboxylic acids is 2. The van der Waals surface area contributed by atoms with Crippen LogP contribution in [0.2, 0.25) is 0 Å². The van der Waals surface area contributed by atoms with E-state index >= 15 is 0 Å². The zero-order valence-corrected chi connectivity index (χ0v) is 15.1. The van der Waals surface area contributed by atoms with E-state index in [9.17, 15) is 9.59 Å². The Bertz CT molecular complexity index is 840. The Hall–Kier alpha value is -2.64. The van der Waals surface area contributed by atoms with Crippen molar-refractivity contribution in [2.75, 3.05) is 26.7 Å². The van der Waals surface area contributed by atoms with Crippen molar-refractivity contribution >= 4 is 11.8 Å². The summed E-state index contributed by atoms with van der Waals surface area (Å²) in [5.74, 6) is 0.534. The molecule has 2 aromatic rings. The summed E-state index contributed by atoms with van der Waals surface area (Å²) in [5, 5.41) is 4.69. The largest absolute Gasteiger partial charge is 0.448 e. The third-order valence-electron chi connectivity index (χ3n) is 5.19. The molecule has 138 valence electrons. The topological polar surface area (TPSA) is 84.5 Å². The van der Waals surface area contributed by atoms with Crippen molar-refractivity contribution in [2.45, 2.75) is 38.6 Å². The van der Waals surface area contributed by atoms with E-state index in [2.05, 4.69) is 10.1 Å². The Morgan fingerprint density at radius 2 is 2.12 bits per heavy atom. The highest BCUT2D eigenvalue weighted by atomic mass is 16.3. The average molecular weight is 357 g/mol. The molecular formula is C18H23N5O3. The minimum atomic E-state index is -0.108. The molecular weight excluding hydrogens is 334 g/mol. The molecule has 2 aliphatic heterocycles. The second-order valence-electron chi connectivity index (χ2n) is 7.10. The molecule has 2 aliphatic rings. The number of carbonyl (C=O) groups is 2. The van der Waals surface area contributed by atoms with Crippen molar-refractivity contribution in [3.63, 3.8) is 0 Å². The second kappa shape index (κ2) is 6.59. The van der Waals surface area contributed by atoms with Gasteiger partial charge in [0.05, 0.1) is 5.69 Å². The number of fused-ring (bicyclic) bond motifs is 1. The highest BCUT2D eigenvalue weighted by Crippen LogP contribution is 2.28. The lowest BCUT2D eigenvalue weighted by molar-refractivity contribution is 0.0699. The second-order valence-corrected chi connectivity index (χ2v) is 7.10. The number of oxazole rings is 1. The van der Waals surface area contributed by atoms with Gasteiger partial charge >= 0.3 is 0 Å². The summed E-state index contributed by atoms with van der Waals surface area (Å²) in [5.41, 5.74) is 1.90. The molecule has 1 saturated heterocycles. The molecule has 26 heavy (non-hydrogen) atoms. The monoisotopic (exact) mass is 357 g/mol. The summed E-state index contributed by atoms with van der Waals surface area (Å²) in [4.78, 5) is 32.8. The Morgan fingerprint density at radius 3 is 2.88 bits per heavy atom. The van der Waals surface area contributed by atoms with Crippen LogP contribution in [0.1, 0.15) is 57.7 Å². The number of nitrogens with zero attached hydrogens (tertiary/aromatic N) is 5. The van der Waals surface area contributed by atoms with Gasteiger partial charge in [-0.25, -0.2) is 4.98 Å². The maximum atomic E-state index is 12.6. The number of aromatic nitrogens is 3. The van der Waals surface area contributed by atoms with Crippen molar-refractivity contribution in [3.05, 3.63) is 35.3 Å². The molecule has 0 bridgehead atoms. The van der Waals surface area contributed by atoms with Gasteiger partial charge in [-0.3, -0.25) is 14.3 Å². The van der Waals surface area contributed by atoms with E-state index in [1.807, 2.05) is 22.7 Å². The van der Waals surface area contributed by atoms with Crippen molar-refractivity contribution in [2.24, 2.45) is 0 Å². The molecule has 8 nitrogen and oxygen atoms in total. The lowest BCUT2D eigenvalue weighted by Crippen LogP contribution is -2.39. The fourth-order valence-corrected chi connectivity index (χ4v) is 3.76. The first-order chi connectivity index (χ1) is 12.5. The molecule has 0 spiro atoms. The van der Waals surface area contributed by atoms with Crippen LogP contribution in [-0.4, -0.2) is 63.1 Å². The highest BCUT2D eigenvalue weighted by Gasteiger charge is 2.30. The Morgan fingerprint density at radius 1 is 1.27 bits per heavy atom. The maximum Gasteiger partial charge on any atom is 0.275 e. The molecule has 2 amide bonds. The van der Waals surface area contributed by atoms with E-state index in [-0.39, 0.29) is 17.7 Å². The third-order valence-corrected chi connectivity index (χ3v) is 5.19. The number of amides is 2. The fourth-order valence-electron chi connectivity index (χ4n) is 3.76. The number of likely N-dealkylation sites (tertiary alicyclic amines) is 1. The number of hydrogen-bond acceptors (Lipinski definition) is 5. The SMILES string of the molecule is Cc1nc(C(=O)N2CCCC(c3cc4n(n3)CCCN(C)C4=O)C2)co1. The van der Waals surface area contributed by atoms with Gasteiger partial charge in [0.15, 0.2) is 11.6 Å². The summed E-state index contributed by atoms with van der Waals surface area (Å²) >= 11 is 0. The Balaban J connectivity index is 1.53. The van der Waals surface area contributed by atoms with Gasteiger partial charge in [-0.15, -0.1) is 0 Å². The number of rotatable bonds is 2. The van der Waals surface area contributed by atoms with E-state index in [1.165, 1.54) is 6.26 Å². The van der Waals surface area contributed by atoms with Crippen LogP contribution in [0.3, 0.4) is 0 Å². The first kappa shape index (κ1) is 16.8. The molecule has 0 aliphatic carbocycles. The Labute approximate surface area is 151 Å². The van der Waals surface area contributed by atoms with Gasteiger partial charge in [0, 0.05) is 46.1 Å². The molecule has 1 atom stereocenters. The van der Waals surface area contributed by atoms with Gasteiger partial charge in [-0.1, -0.05) is 0 Å². The van der Waals surface area contributed by atoms with Crippen molar-refractivity contribution in [1.82, 2.24) is 24.6 Å². The molecule has 0 aromatic carbocycles. The zero-order chi connectivity index (χ0) is 18.3. The van der Waals surface area contributed by atoms with Crippen LogP contribution in [0.5, 0.6) is 0 Å². The predicted molar refractivity (Wildman–Crippen MR) is 92.9 cm³/mol. The lowest BCUT2D eigenvalue weighted by Gasteiger charge is -2.31. The lowest BCUT2D eigenvalue weighted by atomic mass is 9.94. The molecule has 1 fully saturated rings. The minimum Gasteiger partial charge on any atom is -0.448 e. The van der Waals surface area contributed by atoms with Crippen LogP contribution >= 0.6 is 0 Å². The number of hydrogen-bond donors (Lipinski definition) is 0. The van der Waals surface area contributed by atoms with Crippen LogP contribution in [0, 0.1) is 6.92 Å². The molecule has 0 saturated carbocycles. The minimum absolute atomic E-state index is 0.0167. The summed E-state index contributed by atoms with van der Waals surface area (Å²) < 4.78 is 6.98. The molecule has 0 radical (unpaired) electrons. The van der Waals surface area contributed by atoms with E-state index in [0.29, 0.717) is 30.4 Å². The maximum absolute atomic E-state index is 12.6. The summed E-state index contributed by atoms with van der Waals surface area (Å²) in [7, 11) is 1.82. The summed E-state index contributed by atoms with van der Waals surface area (Å²) in [6, 6.07) is 1.91. The van der Waals surface area contributed by atoms with Crippen LogP contribution in [0.15, 0.2) is 16.7 Å². The van der Waals surface area contributed by atoms with Gasteiger partial charge in [-0.2, -0.15) is 5.10 Å². The average Bonchev–Trinajstić information content (AvgIpc) is 3.24. The Kier molecular flexibility index (Phi) is 4.26. The first-order valence-corrected chi connectivity index (χ1v) is 9.07. The molecule has 2 aromatic heterocycles. The van der Waals surface area contributed by atoms with Gasteiger partial charge in [0.2, 0.25) is 0 Å². The quantitative estimate of drug-likeness (QED) is 0.816. The fraction of sp³-hybridized carbons (Fsp3) is 0.556. The zero-order valence-electron chi connectivity index (χ0n) is 15.1. The first-order valence-electron chi connectivity index (χ1n) is 9.07. The number of aryl methyl sites for hydroxylation is 2. The van der Waals surface area contributed by atoms with Crippen LogP contribution < -0.4 is 0 Å². The molecule has 4 rings (SSSR count). The smallest absolute Gasteiger partial charge is 0.275 e. The molecule has 1 unspecified atom stereocenters. The van der Waals surface area contributed by atoms with Gasteiger partial charge in [0.25, 0.3) is 11.8 Å². The van der Waals surface area contributed by atoms with Gasteiger partial charge in [-0.05, 0) is 25.3 Å². The molecule has 0 N–H and O–H groups in total. The summed E-state index contributed by atoms with van der Waals surface area (Å²) in [6.45, 7) is 4.52. The predicted octanol–water partition coefficient (Wildman–Crippen LogP) is 1.68. The van der Waals surface area contributed by atoms with Gasteiger partial charge < -0.3 is 14.2 Å².